The molecule has 0 saturated heterocycles. The standard InChI is InChI=1S/C21H22O4/c1-14(22)24-18-12-17-10-6-7-11-19(17)21(25-15(2)23)20(13-18)16-8-4-3-5-9-16/h6-7,10-13H,3-5,8-9H2,1-2H3. The summed E-state index contributed by atoms with van der Waals surface area (Å²) in [6.45, 7) is 2.79. The predicted octanol–water partition coefficient (Wildman–Crippen LogP) is 2.86. The third-order valence-corrected chi connectivity index (χ3v) is 4.38. The Bertz CT molecular complexity index is 879. The summed E-state index contributed by atoms with van der Waals surface area (Å²) in [6, 6.07) is 7.67. The van der Waals surface area contributed by atoms with Crippen molar-refractivity contribution in [3.63, 3.8) is 0 Å². The molecule has 0 aliphatic heterocycles. The minimum absolute atomic E-state index is 0.358. The number of benzene rings is 1. The fourth-order valence-electron chi connectivity index (χ4n) is 3.37. The Kier molecular flexibility index (Phi) is 5.17. The van der Waals surface area contributed by atoms with Gasteiger partial charge in [0.05, 0.1) is 0 Å². The van der Waals surface area contributed by atoms with Gasteiger partial charge in [-0.15, -0.1) is 0 Å². The number of esters is 2. The average molecular weight is 338 g/mol. The van der Waals surface area contributed by atoms with E-state index in [0.29, 0.717) is 11.5 Å². The molecule has 0 heterocycles. The molecule has 1 aromatic rings. The molecule has 2 aliphatic carbocycles. The van der Waals surface area contributed by atoms with Gasteiger partial charge in [-0.25, -0.2) is 0 Å². The summed E-state index contributed by atoms with van der Waals surface area (Å²) < 4.78 is 11.0. The van der Waals surface area contributed by atoms with Crippen LogP contribution in [-0.4, -0.2) is 11.9 Å². The highest BCUT2D eigenvalue weighted by Crippen LogP contribution is 2.31. The number of carbonyl (C=O) groups excluding carboxylic acids is 2. The lowest BCUT2D eigenvalue weighted by Gasteiger charge is -2.19. The smallest absolute Gasteiger partial charge is 0.308 e. The molecule has 1 fully saturated rings. The van der Waals surface area contributed by atoms with Crippen molar-refractivity contribution < 1.29 is 19.1 Å². The maximum atomic E-state index is 11.7. The van der Waals surface area contributed by atoms with Crippen molar-refractivity contribution in [3.8, 4) is 0 Å². The number of fused-ring (bicyclic) bond motifs is 1. The predicted molar refractivity (Wildman–Crippen MR) is 95.3 cm³/mol. The van der Waals surface area contributed by atoms with E-state index in [1.165, 1.54) is 25.8 Å². The molecule has 4 nitrogen and oxygen atoms in total. The van der Waals surface area contributed by atoms with Crippen LogP contribution in [0.5, 0.6) is 0 Å². The molecule has 0 bridgehead atoms. The average Bonchev–Trinajstić information content (AvgIpc) is 2.72. The first-order valence-electron chi connectivity index (χ1n) is 8.66. The van der Waals surface area contributed by atoms with Crippen LogP contribution in [0.1, 0.15) is 46.0 Å². The lowest BCUT2D eigenvalue weighted by Crippen LogP contribution is -2.28. The molecular weight excluding hydrogens is 316 g/mol. The summed E-state index contributed by atoms with van der Waals surface area (Å²) in [5.74, 6) is 0.292. The first kappa shape index (κ1) is 17.2. The maximum absolute atomic E-state index is 11.7. The van der Waals surface area contributed by atoms with Gasteiger partial charge in [0.15, 0.2) is 0 Å². The highest BCUT2D eigenvalue weighted by Gasteiger charge is 2.20. The van der Waals surface area contributed by atoms with Gasteiger partial charge in [-0.2, -0.15) is 0 Å². The molecule has 0 N–H and O–H groups in total. The number of allylic oxidation sites excluding steroid dienone is 2. The Morgan fingerprint density at radius 1 is 0.880 bits per heavy atom. The Morgan fingerprint density at radius 3 is 2.24 bits per heavy atom. The highest BCUT2D eigenvalue weighted by atomic mass is 16.5. The lowest BCUT2D eigenvalue weighted by atomic mass is 9.89. The van der Waals surface area contributed by atoms with Gasteiger partial charge in [-0.05, 0) is 43.1 Å². The van der Waals surface area contributed by atoms with Crippen LogP contribution in [0.2, 0.25) is 0 Å². The van der Waals surface area contributed by atoms with Crippen molar-refractivity contribution in [1.82, 2.24) is 0 Å². The van der Waals surface area contributed by atoms with Crippen molar-refractivity contribution in [1.29, 1.82) is 0 Å². The molecule has 1 saturated carbocycles. The van der Waals surface area contributed by atoms with Crippen molar-refractivity contribution in [2.45, 2.75) is 46.0 Å². The van der Waals surface area contributed by atoms with E-state index in [-0.39, 0.29) is 11.9 Å². The largest absolute Gasteiger partial charge is 0.427 e. The highest BCUT2D eigenvalue weighted by molar-refractivity contribution is 5.80. The zero-order valence-electron chi connectivity index (χ0n) is 14.6. The summed E-state index contributed by atoms with van der Waals surface area (Å²) in [7, 11) is 0. The fraction of sp³-hybridized carbons (Fsp3) is 0.333. The number of carbonyl (C=O) groups is 2. The number of rotatable bonds is 2. The molecule has 2 aliphatic rings. The molecule has 4 heteroatoms. The minimum atomic E-state index is -0.371. The Labute approximate surface area is 147 Å². The van der Waals surface area contributed by atoms with Crippen molar-refractivity contribution >= 4 is 23.8 Å². The van der Waals surface area contributed by atoms with Crippen LogP contribution in [-0.2, 0) is 19.1 Å². The molecule has 0 aromatic heterocycles. The Balaban J connectivity index is 2.29. The van der Waals surface area contributed by atoms with E-state index in [0.717, 1.165) is 41.7 Å². The van der Waals surface area contributed by atoms with E-state index < -0.39 is 0 Å². The van der Waals surface area contributed by atoms with E-state index in [9.17, 15) is 9.59 Å². The number of hydrogen-bond donors (Lipinski definition) is 0. The van der Waals surface area contributed by atoms with Crippen molar-refractivity contribution in [2.24, 2.45) is 0 Å². The second-order valence-corrected chi connectivity index (χ2v) is 6.37. The first-order chi connectivity index (χ1) is 12.0. The molecular formula is C21H22O4. The SMILES string of the molecule is CC(=O)OC1=CC(=C2CCCCC2)C(OC(C)=O)=c2ccccc2=C1. The zero-order valence-corrected chi connectivity index (χ0v) is 14.6. The van der Waals surface area contributed by atoms with Crippen LogP contribution in [0, 0.1) is 0 Å². The van der Waals surface area contributed by atoms with Crippen molar-refractivity contribution in [2.75, 3.05) is 0 Å². The molecule has 130 valence electrons. The second-order valence-electron chi connectivity index (χ2n) is 6.37. The third-order valence-electron chi connectivity index (χ3n) is 4.38. The fourth-order valence-corrected chi connectivity index (χ4v) is 3.37. The van der Waals surface area contributed by atoms with Crippen LogP contribution in [0.25, 0.3) is 11.8 Å². The van der Waals surface area contributed by atoms with Crippen LogP contribution in [0.4, 0.5) is 0 Å². The van der Waals surface area contributed by atoms with Gasteiger partial charge >= 0.3 is 11.9 Å². The van der Waals surface area contributed by atoms with Gasteiger partial charge in [-0.1, -0.05) is 36.3 Å². The van der Waals surface area contributed by atoms with Gasteiger partial charge in [0.25, 0.3) is 0 Å². The maximum Gasteiger partial charge on any atom is 0.308 e. The molecule has 0 atom stereocenters. The monoisotopic (exact) mass is 338 g/mol. The molecule has 0 amide bonds. The van der Waals surface area contributed by atoms with Gasteiger partial charge in [0.1, 0.15) is 11.5 Å². The lowest BCUT2D eigenvalue weighted by molar-refractivity contribution is -0.136. The van der Waals surface area contributed by atoms with Crippen LogP contribution in [0.3, 0.4) is 0 Å². The quantitative estimate of drug-likeness (QED) is 0.778. The van der Waals surface area contributed by atoms with Gasteiger partial charge < -0.3 is 9.47 Å². The molecule has 0 spiro atoms. The summed E-state index contributed by atoms with van der Waals surface area (Å²) in [6.07, 6.45) is 9.03. The van der Waals surface area contributed by atoms with Gasteiger partial charge in [0, 0.05) is 24.6 Å². The number of hydrogen-bond acceptors (Lipinski definition) is 4. The summed E-state index contributed by atoms with van der Waals surface area (Å²) >= 11 is 0. The van der Waals surface area contributed by atoms with E-state index in [1.807, 2.05) is 36.4 Å². The number of ether oxygens (including phenoxy) is 2. The zero-order chi connectivity index (χ0) is 17.8. The van der Waals surface area contributed by atoms with E-state index in [2.05, 4.69) is 0 Å². The summed E-state index contributed by atoms with van der Waals surface area (Å²) in [5, 5.41) is 1.70. The van der Waals surface area contributed by atoms with Crippen LogP contribution >= 0.6 is 0 Å². The molecule has 1 aromatic carbocycles. The summed E-state index contributed by atoms with van der Waals surface area (Å²) in [5.41, 5.74) is 2.12. The topological polar surface area (TPSA) is 52.6 Å². The molecule has 3 rings (SSSR count). The normalized spacial score (nSPS) is 17.0. The van der Waals surface area contributed by atoms with E-state index in [1.54, 1.807) is 0 Å². The Hall–Kier alpha value is -2.62. The second kappa shape index (κ2) is 7.51. The van der Waals surface area contributed by atoms with Crippen molar-refractivity contribution in [3.05, 3.63) is 57.7 Å². The summed E-state index contributed by atoms with van der Waals surface area (Å²) in [4.78, 5) is 23.2. The minimum Gasteiger partial charge on any atom is -0.427 e. The van der Waals surface area contributed by atoms with Gasteiger partial charge in [-0.3, -0.25) is 9.59 Å². The van der Waals surface area contributed by atoms with E-state index >= 15 is 0 Å². The van der Waals surface area contributed by atoms with Gasteiger partial charge in [0.2, 0.25) is 0 Å². The molecule has 0 unspecified atom stereocenters. The molecule has 0 radical (unpaired) electrons. The first-order valence-corrected chi connectivity index (χ1v) is 8.66. The Morgan fingerprint density at radius 2 is 1.56 bits per heavy atom. The van der Waals surface area contributed by atoms with Crippen LogP contribution < -0.4 is 10.4 Å². The van der Waals surface area contributed by atoms with E-state index in [4.69, 9.17) is 9.47 Å². The molecule has 25 heavy (non-hydrogen) atoms. The third kappa shape index (κ3) is 4.08. The van der Waals surface area contributed by atoms with Crippen LogP contribution in [0.15, 0.2) is 47.2 Å².